The molecule has 2 aliphatic carbocycles. The summed E-state index contributed by atoms with van der Waals surface area (Å²) in [4.78, 5) is 13.5. The van der Waals surface area contributed by atoms with Crippen molar-refractivity contribution in [2.24, 2.45) is 17.8 Å². The first-order valence-corrected chi connectivity index (χ1v) is 7.67. The number of fused-ring (bicyclic) bond motifs is 2. The van der Waals surface area contributed by atoms with Gasteiger partial charge in [0.15, 0.2) is 0 Å². The fourth-order valence-corrected chi connectivity index (χ4v) is 4.34. The van der Waals surface area contributed by atoms with E-state index in [9.17, 15) is 9.90 Å². The molecule has 3 unspecified atom stereocenters. The Bertz CT molecular complexity index is 531. The van der Waals surface area contributed by atoms with Crippen molar-refractivity contribution in [3.63, 3.8) is 0 Å². The van der Waals surface area contributed by atoms with Gasteiger partial charge in [-0.05, 0) is 49.1 Å². The van der Waals surface area contributed by atoms with E-state index in [4.69, 9.17) is 11.6 Å². The summed E-state index contributed by atoms with van der Waals surface area (Å²) in [5, 5.41) is 9.66. The van der Waals surface area contributed by atoms with E-state index < -0.39 is 5.97 Å². The number of benzene rings is 1. The summed E-state index contributed by atoms with van der Waals surface area (Å²) in [6.45, 7) is 0.932. The first kappa shape index (κ1) is 13.7. The van der Waals surface area contributed by atoms with Gasteiger partial charge in [0.2, 0.25) is 0 Å². The smallest absolute Gasteiger partial charge is 0.339 e. The summed E-state index contributed by atoms with van der Waals surface area (Å²) in [6.07, 6.45) is 5.42. The van der Waals surface area contributed by atoms with E-state index in [1.54, 1.807) is 6.07 Å². The van der Waals surface area contributed by atoms with Crippen LogP contribution in [-0.2, 0) is 0 Å². The maximum Gasteiger partial charge on any atom is 0.339 e. The Labute approximate surface area is 124 Å². The molecule has 4 heteroatoms. The van der Waals surface area contributed by atoms with Gasteiger partial charge in [0, 0.05) is 13.6 Å². The van der Waals surface area contributed by atoms with E-state index in [0.717, 1.165) is 24.1 Å². The molecule has 108 valence electrons. The minimum atomic E-state index is -0.953. The normalized spacial score (nSPS) is 27.8. The van der Waals surface area contributed by atoms with E-state index in [1.807, 2.05) is 19.2 Å². The topological polar surface area (TPSA) is 40.5 Å². The molecule has 2 fully saturated rings. The van der Waals surface area contributed by atoms with Gasteiger partial charge in [0.05, 0.1) is 10.7 Å². The summed E-state index contributed by atoms with van der Waals surface area (Å²) in [6, 6.07) is 5.31. The molecule has 3 atom stereocenters. The lowest BCUT2D eigenvalue weighted by Crippen LogP contribution is -2.29. The van der Waals surface area contributed by atoms with E-state index >= 15 is 0 Å². The van der Waals surface area contributed by atoms with Crippen LogP contribution in [0.15, 0.2) is 18.2 Å². The van der Waals surface area contributed by atoms with E-state index in [1.165, 1.54) is 25.7 Å². The summed E-state index contributed by atoms with van der Waals surface area (Å²) >= 11 is 6.04. The van der Waals surface area contributed by atoms with Crippen LogP contribution in [0.3, 0.4) is 0 Å². The van der Waals surface area contributed by atoms with Gasteiger partial charge in [-0.2, -0.15) is 0 Å². The fraction of sp³-hybridized carbons (Fsp3) is 0.562. The van der Waals surface area contributed by atoms with Crippen molar-refractivity contribution >= 4 is 23.3 Å². The van der Waals surface area contributed by atoms with Gasteiger partial charge >= 0.3 is 5.97 Å². The van der Waals surface area contributed by atoms with Crippen LogP contribution in [0.25, 0.3) is 0 Å². The van der Waals surface area contributed by atoms with Gasteiger partial charge < -0.3 is 10.0 Å². The Hall–Kier alpha value is -1.22. The molecule has 0 amide bonds. The molecule has 1 N–H and O–H groups in total. The number of hydrogen-bond donors (Lipinski definition) is 1. The average molecular weight is 294 g/mol. The van der Waals surface area contributed by atoms with Gasteiger partial charge in [0.25, 0.3) is 0 Å². The molecule has 0 heterocycles. The molecule has 0 spiro atoms. The number of carbonyl (C=O) groups is 1. The highest BCUT2D eigenvalue weighted by Crippen LogP contribution is 2.48. The Morgan fingerprint density at radius 1 is 1.40 bits per heavy atom. The number of rotatable bonds is 4. The number of hydrogen-bond acceptors (Lipinski definition) is 2. The van der Waals surface area contributed by atoms with Crippen molar-refractivity contribution in [2.45, 2.75) is 25.7 Å². The van der Waals surface area contributed by atoms with Crippen molar-refractivity contribution in [1.29, 1.82) is 0 Å². The van der Waals surface area contributed by atoms with Crippen LogP contribution >= 0.6 is 11.6 Å². The molecule has 3 nitrogen and oxygen atoms in total. The van der Waals surface area contributed by atoms with Gasteiger partial charge in [-0.25, -0.2) is 4.79 Å². The monoisotopic (exact) mass is 293 g/mol. The zero-order valence-corrected chi connectivity index (χ0v) is 12.4. The maximum atomic E-state index is 11.4. The molecular formula is C16H20ClNO2. The van der Waals surface area contributed by atoms with Gasteiger partial charge in [0.1, 0.15) is 5.56 Å². The van der Waals surface area contributed by atoms with Crippen LogP contribution in [0.1, 0.15) is 36.0 Å². The molecule has 1 aromatic rings. The Morgan fingerprint density at radius 3 is 2.80 bits per heavy atom. The van der Waals surface area contributed by atoms with E-state index in [0.29, 0.717) is 10.9 Å². The molecule has 0 aromatic heterocycles. The van der Waals surface area contributed by atoms with Gasteiger partial charge in [-0.1, -0.05) is 24.1 Å². The zero-order chi connectivity index (χ0) is 14.3. The first-order valence-electron chi connectivity index (χ1n) is 7.29. The lowest BCUT2D eigenvalue weighted by Gasteiger charge is -2.29. The molecular weight excluding hydrogens is 274 g/mol. The largest absolute Gasteiger partial charge is 0.478 e. The van der Waals surface area contributed by atoms with Crippen LogP contribution in [-0.4, -0.2) is 24.7 Å². The Kier molecular flexibility index (Phi) is 3.63. The lowest BCUT2D eigenvalue weighted by molar-refractivity contribution is 0.0697. The summed E-state index contributed by atoms with van der Waals surface area (Å²) < 4.78 is 0. The van der Waals surface area contributed by atoms with Crippen LogP contribution in [0.2, 0.25) is 5.02 Å². The number of carboxylic acid groups (broad SMARTS) is 1. The molecule has 1 aromatic carbocycles. The third kappa shape index (κ3) is 2.39. The quantitative estimate of drug-likeness (QED) is 0.915. The van der Waals surface area contributed by atoms with Crippen molar-refractivity contribution in [1.82, 2.24) is 0 Å². The third-order valence-electron chi connectivity index (χ3n) is 5.01. The molecule has 2 saturated carbocycles. The average Bonchev–Trinajstić information content (AvgIpc) is 3.00. The fourth-order valence-electron chi connectivity index (χ4n) is 4.09. The SMILES string of the molecule is CN(CC1CC2CCC1C2)c1cccc(Cl)c1C(=O)O. The summed E-state index contributed by atoms with van der Waals surface area (Å²) in [7, 11) is 1.98. The molecule has 0 aliphatic heterocycles. The predicted molar refractivity (Wildman–Crippen MR) is 80.6 cm³/mol. The lowest BCUT2D eigenvalue weighted by atomic mass is 9.88. The standard InChI is InChI=1S/C16H20ClNO2/c1-18(9-12-8-10-5-6-11(12)7-10)14-4-2-3-13(17)15(14)16(19)20/h2-4,10-12H,5-9H2,1H3,(H,19,20). The second-order valence-corrected chi connectivity index (χ2v) is 6.66. The highest BCUT2D eigenvalue weighted by molar-refractivity contribution is 6.34. The highest BCUT2D eigenvalue weighted by atomic mass is 35.5. The minimum Gasteiger partial charge on any atom is -0.478 e. The molecule has 0 saturated heterocycles. The van der Waals surface area contributed by atoms with Crippen molar-refractivity contribution in [2.75, 3.05) is 18.5 Å². The number of carboxylic acids is 1. The van der Waals surface area contributed by atoms with Crippen LogP contribution in [0.4, 0.5) is 5.69 Å². The second kappa shape index (κ2) is 5.28. The van der Waals surface area contributed by atoms with Crippen molar-refractivity contribution in [3.05, 3.63) is 28.8 Å². The summed E-state index contributed by atoms with van der Waals surface area (Å²) in [5.74, 6) is 1.51. The first-order chi connectivity index (χ1) is 9.56. The van der Waals surface area contributed by atoms with Crippen LogP contribution < -0.4 is 4.90 Å². The maximum absolute atomic E-state index is 11.4. The van der Waals surface area contributed by atoms with Crippen molar-refractivity contribution in [3.8, 4) is 0 Å². The van der Waals surface area contributed by atoms with Gasteiger partial charge in [-0.3, -0.25) is 0 Å². The predicted octanol–water partition coefficient (Wildman–Crippen LogP) is 3.91. The molecule has 2 bridgehead atoms. The number of halogens is 1. The van der Waals surface area contributed by atoms with Gasteiger partial charge in [-0.15, -0.1) is 0 Å². The summed E-state index contributed by atoms with van der Waals surface area (Å²) in [5.41, 5.74) is 0.951. The number of nitrogens with zero attached hydrogens (tertiary/aromatic N) is 1. The molecule has 20 heavy (non-hydrogen) atoms. The van der Waals surface area contributed by atoms with Crippen LogP contribution in [0.5, 0.6) is 0 Å². The Balaban J connectivity index is 1.79. The molecule has 2 aliphatic rings. The Morgan fingerprint density at radius 2 is 2.20 bits per heavy atom. The van der Waals surface area contributed by atoms with Crippen LogP contribution in [0, 0.1) is 17.8 Å². The zero-order valence-electron chi connectivity index (χ0n) is 11.7. The third-order valence-corrected chi connectivity index (χ3v) is 5.32. The van der Waals surface area contributed by atoms with E-state index in [2.05, 4.69) is 4.90 Å². The number of anilines is 1. The van der Waals surface area contributed by atoms with E-state index in [-0.39, 0.29) is 5.56 Å². The second-order valence-electron chi connectivity index (χ2n) is 6.25. The minimum absolute atomic E-state index is 0.222. The molecule has 3 rings (SSSR count). The number of aromatic carboxylic acids is 1. The molecule has 0 radical (unpaired) electrons. The van der Waals surface area contributed by atoms with Crippen molar-refractivity contribution < 1.29 is 9.90 Å². The highest BCUT2D eigenvalue weighted by Gasteiger charge is 2.39.